The van der Waals surface area contributed by atoms with Crippen LogP contribution in [0.15, 0.2) is 41.5 Å². The lowest BCUT2D eigenvalue weighted by molar-refractivity contribution is 0.102. The van der Waals surface area contributed by atoms with Crippen molar-refractivity contribution in [3.8, 4) is 0 Å². The molecule has 1 unspecified atom stereocenters. The van der Waals surface area contributed by atoms with Gasteiger partial charge in [0, 0.05) is 17.5 Å². The molecule has 0 fully saturated rings. The summed E-state index contributed by atoms with van der Waals surface area (Å²) in [6.07, 6.45) is 2.44. The summed E-state index contributed by atoms with van der Waals surface area (Å²) in [6.45, 7) is 2.07. The number of amides is 1. The minimum absolute atomic E-state index is 0.122. The van der Waals surface area contributed by atoms with Gasteiger partial charge in [0.05, 0.1) is 17.3 Å². The average molecular weight is 364 g/mol. The van der Waals surface area contributed by atoms with Crippen molar-refractivity contribution in [3.63, 3.8) is 0 Å². The summed E-state index contributed by atoms with van der Waals surface area (Å²) in [7, 11) is 0. The summed E-state index contributed by atoms with van der Waals surface area (Å²) in [5.74, 6) is 0.103. The minimum atomic E-state index is -0.392. The number of hydrogen-bond acceptors (Lipinski definition) is 4. The van der Waals surface area contributed by atoms with Crippen molar-refractivity contribution in [1.29, 1.82) is 0 Å². The molecule has 1 aromatic carbocycles. The van der Waals surface area contributed by atoms with Crippen LogP contribution in [-0.4, -0.2) is 27.7 Å². The second-order valence-electron chi connectivity index (χ2n) is 5.29. The Kier molecular flexibility index (Phi) is 5.16. The Labute approximate surface area is 148 Å². The van der Waals surface area contributed by atoms with Crippen molar-refractivity contribution in [2.24, 2.45) is 4.99 Å². The molecule has 1 aliphatic rings. The van der Waals surface area contributed by atoms with Gasteiger partial charge in [0.25, 0.3) is 5.91 Å². The summed E-state index contributed by atoms with van der Waals surface area (Å²) in [4.78, 5) is 20.9. The fourth-order valence-corrected chi connectivity index (χ4v) is 3.73. The smallest absolute Gasteiger partial charge is 0.258 e. The predicted octanol–water partition coefficient (Wildman–Crippen LogP) is 4.40. The highest BCUT2D eigenvalue weighted by Gasteiger charge is 2.22. The van der Waals surface area contributed by atoms with Crippen molar-refractivity contribution in [1.82, 2.24) is 4.98 Å². The molecule has 0 aliphatic carbocycles. The molecule has 3 rings (SSSR count). The summed E-state index contributed by atoms with van der Waals surface area (Å²) < 4.78 is 13.7. The minimum Gasteiger partial charge on any atom is -0.321 e. The van der Waals surface area contributed by atoms with Crippen LogP contribution in [0.2, 0.25) is 5.15 Å². The van der Waals surface area contributed by atoms with Crippen LogP contribution in [0.1, 0.15) is 29.3 Å². The molecule has 0 spiro atoms. The number of carbonyl (C=O) groups is 1. The standard InChI is InChI=1S/C17H15ClFN3OS/c1-2-11-9-24-17(21-11)13-8-10(19)5-6-14(13)22-16(23)12-4-3-7-20-15(12)18/h3-8,11H,2,9H2,1H3,(H,22,23). The first-order valence-electron chi connectivity index (χ1n) is 7.51. The molecule has 1 aromatic heterocycles. The molecule has 1 atom stereocenters. The molecule has 7 heteroatoms. The van der Waals surface area contributed by atoms with Gasteiger partial charge in [-0.2, -0.15) is 0 Å². The van der Waals surface area contributed by atoms with Crippen molar-refractivity contribution in [2.45, 2.75) is 19.4 Å². The van der Waals surface area contributed by atoms with E-state index in [0.29, 0.717) is 11.3 Å². The van der Waals surface area contributed by atoms with Crippen LogP contribution in [0.5, 0.6) is 0 Å². The quantitative estimate of drug-likeness (QED) is 0.819. The Bertz CT molecular complexity index is 812. The first-order chi connectivity index (χ1) is 11.6. The lowest BCUT2D eigenvalue weighted by atomic mass is 10.1. The Hall–Kier alpha value is -1.92. The van der Waals surface area contributed by atoms with Crippen LogP contribution in [0.25, 0.3) is 0 Å². The topological polar surface area (TPSA) is 54.4 Å². The molecule has 0 bridgehead atoms. The number of anilines is 1. The maximum absolute atomic E-state index is 13.7. The number of benzene rings is 1. The van der Waals surface area contributed by atoms with Crippen molar-refractivity contribution >= 4 is 40.0 Å². The molecule has 124 valence electrons. The number of nitrogens with zero attached hydrogens (tertiary/aromatic N) is 2. The average Bonchev–Trinajstić information content (AvgIpc) is 3.05. The Balaban J connectivity index is 1.92. The van der Waals surface area contributed by atoms with Crippen LogP contribution in [0, 0.1) is 5.82 Å². The van der Waals surface area contributed by atoms with E-state index in [-0.39, 0.29) is 22.6 Å². The normalized spacial score (nSPS) is 16.8. The Morgan fingerprint density at radius 2 is 2.29 bits per heavy atom. The monoisotopic (exact) mass is 363 g/mol. The van der Waals surface area contributed by atoms with Crippen LogP contribution in [0.3, 0.4) is 0 Å². The zero-order chi connectivity index (χ0) is 17.1. The molecule has 4 nitrogen and oxygen atoms in total. The first kappa shape index (κ1) is 16.9. The molecular weight excluding hydrogens is 349 g/mol. The molecule has 0 radical (unpaired) electrons. The highest BCUT2D eigenvalue weighted by Crippen LogP contribution is 2.30. The van der Waals surface area contributed by atoms with E-state index in [1.54, 1.807) is 23.9 Å². The van der Waals surface area contributed by atoms with E-state index < -0.39 is 5.91 Å². The van der Waals surface area contributed by atoms with Crippen LogP contribution < -0.4 is 5.32 Å². The van der Waals surface area contributed by atoms with Crippen molar-refractivity contribution in [3.05, 3.63) is 58.6 Å². The fraction of sp³-hybridized carbons (Fsp3) is 0.235. The largest absolute Gasteiger partial charge is 0.321 e. The van der Waals surface area contributed by atoms with Crippen LogP contribution in [0.4, 0.5) is 10.1 Å². The second kappa shape index (κ2) is 7.32. The third-order valence-corrected chi connectivity index (χ3v) is 5.10. The Morgan fingerprint density at radius 3 is 3.00 bits per heavy atom. The second-order valence-corrected chi connectivity index (χ2v) is 6.66. The maximum atomic E-state index is 13.7. The molecule has 1 amide bonds. The van der Waals surface area contributed by atoms with Gasteiger partial charge in [0.2, 0.25) is 0 Å². The van der Waals surface area contributed by atoms with Crippen LogP contribution in [-0.2, 0) is 0 Å². The first-order valence-corrected chi connectivity index (χ1v) is 8.87. The lowest BCUT2D eigenvalue weighted by Crippen LogP contribution is -2.15. The SMILES string of the molecule is CCC1CSC(c2cc(F)ccc2NC(=O)c2cccnc2Cl)=N1. The van der Waals surface area contributed by atoms with Crippen LogP contribution >= 0.6 is 23.4 Å². The van der Waals surface area contributed by atoms with Gasteiger partial charge in [0.1, 0.15) is 16.0 Å². The van der Waals surface area contributed by atoms with E-state index >= 15 is 0 Å². The van der Waals surface area contributed by atoms with E-state index in [1.807, 2.05) is 0 Å². The number of halogens is 2. The van der Waals surface area contributed by atoms with Gasteiger partial charge in [-0.15, -0.1) is 11.8 Å². The molecule has 0 saturated heterocycles. The molecule has 2 heterocycles. The number of aromatic nitrogens is 1. The zero-order valence-electron chi connectivity index (χ0n) is 12.9. The van der Waals surface area contributed by atoms with Gasteiger partial charge in [-0.1, -0.05) is 18.5 Å². The van der Waals surface area contributed by atoms with E-state index in [0.717, 1.165) is 17.2 Å². The molecule has 24 heavy (non-hydrogen) atoms. The van der Waals surface area contributed by atoms with Gasteiger partial charge in [-0.05, 0) is 36.8 Å². The summed E-state index contributed by atoms with van der Waals surface area (Å²) in [5, 5.41) is 3.65. The molecule has 1 aliphatic heterocycles. The number of nitrogens with one attached hydrogen (secondary N) is 1. The van der Waals surface area contributed by atoms with Gasteiger partial charge < -0.3 is 5.32 Å². The lowest BCUT2D eigenvalue weighted by Gasteiger charge is -2.11. The van der Waals surface area contributed by atoms with E-state index in [1.165, 1.54) is 24.4 Å². The van der Waals surface area contributed by atoms with Gasteiger partial charge >= 0.3 is 0 Å². The molecule has 2 aromatic rings. The Morgan fingerprint density at radius 1 is 1.46 bits per heavy atom. The highest BCUT2D eigenvalue weighted by atomic mass is 35.5. The van der Waals surface area contributed by atoms with Crippen molar-refractivity contribution < 1.29 is 9.18 Å². The third kappa shape index (κ3) is 3.60. The van der Waals surface area contributed by atoms with Gasteiger partial charge in [-0.3, -0.25) is 9.79 Å². The third-order valence-electron chi connectivity index (χ3n) is 3.65. The molecule has 1 N–H and O–H groups in total. The number of hydrogen-bond donors (Lipinski definition) is 1. The predicted molar refractivity (Wildman–Crippen MR) is 96.7 cm³/mol. The fourth-order valence-electron chi connectivity index (χ4n) is 2.32. The molecular formula is C17H15ClFN3OS. The van der Waals surface area contributed by atoms with Gasteiger partial charge in [-0.25, -0.2) is 9.37 Å². The summed E-state index contributed by atoms with van der Waals surface area (Å²) >= 11 is 7.53. The van der Waals surface area contributed by atoms with E-state index in [2.05, 4.69) is 22.2 Å². The summed E-state index contributed by atoms with van der Waals surface area (Å²) in [5.41, 5.74) is 1.36. The summed E-state index contributed by atoms with van der Waals surface area (Å²) in [6, 6.07) is 7.68. The van der Waals surface area contributed by atoms with Gasteiger partial charge in [0.15, 0.2) is 0 Å². The number of pyridine rings is 1. The maximum Gasteiger partial charge on any atom is 0.258 e. The van der Waals surface area contributed by atoms with E-state index in [4.69, 9.17) is 11.6 Å². The zero-order valence-corrected chi connectivity index (χ0v) is 14.5. The highest BCUT2D eigenvalue weighted by molar-refractivity contribution is 8.14. The van der Waals surface area contributed by atoms with E-state index in [9.17, 15) is 9.18 Å². The number of thioether (sulfide) groups is 1. The number of rotatable bonds is 4. The van der Waals surface area contributed by atoms with Crippen molar-refractivity contribution in [2.75, 3.05) is 11.1 Å². The number of aliphatic imine (C=N–C) groups is 1. The molecule has 0 saturated carbocycles. The number of carbonyl (C=O) groups excluding carboxylic acids is 1.